The van der Waals surface area contributed by atoms with Gasteiger partial charge in [0.15, 0.2) is 0 Å². The van der Waals surface area contributed by atoms with Gasteiger partial charge in [0.2, 0.25) is 5.91 Å². The molecule has 1 unspecified atom stereocenters. The van der Waals surface area contributed by atoms with Gasteiger partial charge in [0.25, 0.3) is 0 Å². The molecule has 1 amide bonds. The summed E-state index contributed by atoms with van der Waals surface area (Å²) in [6.45, 7) is 1.88. The highest BCUT2D eigenvalue weighted by Crippen LogP contribution is 2.21. The van der Waals surface area contributed by atoms with Gasteiger partial charge in [-0.3, -0.25) is 9.59 Å². The Kier molecular flexibility index (Phi) is 6.07. The van der Waals surface area contributed by atoms with Crippen molar-refractivity contribution < 1.29 is 19.1 Å². The number of amides is 1. The van der Waals surface area contributed by atoms with Gasteiger partial charge in [0, 0.05) is 6.42 Å². The Morgan fingerprint density at radius 3 is 2.42 bits per heavy atom. The second-order valence-corrected chi connectivity index (χ2v) is 5.70. The maximum Gasteiger partial charge on any atom is 0.305 e. The van der Waals surface area contributed by atoms with Crippen LogP contribution in [0.1, 0.15) is 35.6 Å². The highest BCUT2D eigenvalue weighted by atomic mass is 19.1. The molecule has 126 valence electrons. The predicted octanol–water partition coefficient (Wildman–Crippen LogP) is 3.40. The van der Waals surface area contributed by atoms with Gasteiger partial charge < -0.3 is 10.4 Å². The SMILES string of the molecule is Cc1ccccc1C(CC(=O)O)NC(=O)CCc1ccc(F)cc1. The van der Waals surface area contributed by atoms with Crippen molar-refractivity contribution in [2.24, 2.45) is 0 Å². The number of hydrogen-bond donors (Lipinski definition) is 2. The van der Waals surface area contributed by atoms with Crippen molar-refractivity contribution >= 4 is 11.9 Å². The second-order valence-electron chi connectivity index (χ2n) is 5.70. The van der Waals surface area contributed by atoms with Crippen LogP contribution in [-0.4, -0.2) is 17.0 Å². The Balaban J connectivity index is 2.00. The van der Waals surface area contributed by atoms with Gasteiger partial charge in [0.1, 0.15) is 5.82 Å². The number of aliphatic carboxylic acids is 1. The Morgan fingerprint density at radius 1 is 1.12 bits per heavy atom. The van der Waals surface area contributed by atoms with E-state index in [0.29, 0.717) is 6.42 Å². The molecule has 0 spiro atoms. The molecule has 0 aliphatic heterocycles. The summed E-state index contributed by atoms with van der Waals surface area (Å²) in [6.07, 6.45) is 0.514. The van der Waals surface area contributed by atoms with E-state index in [-0.39, 0.29) is 24.6 Å². The molecule has 5 heteroatoms. The van der Waals surface area contributed by atoms with E-state index in [0.717, 1.165) is 16.7 Å². The first-order valence-corrected chi connectivity index (χ1v) is 7.77. The van der Waals surface area contributed by atoms with Gasteiger partial charge in [-0.1, -0.05) is 36.4 Å². The third-order valence-electron chi connectivity index (χ3n) is 3.83. The molecule has 0 saturated carbocycles. The first-order chi connectivity index (χ1) is 11.5. The predicted molar refractivity (Wildman–Crippen MR) is 89.0 cm³/mol. The number of carboxylic acids is 1. The van der Waals surface area contributed by atoms with Crippen LogP contribution in [0, 0.1) is 12.7 Å². The number of nitrogens with one attached hydrogen (secondary N) is 1. The van der Waals surface area contributed by atoms with Gasteiger partial charge >= 0.3 is 5.97 Å². The average molecular weight is 329 g/mol. The molecule has 1 atom stereocenters. The van der Waals surface area contributed by atoms with Gasteiger partial charge in [-0.05, 0) is 42.2 Å². The summed E-state index contributed by atoms with van der Waals surface area (Å²) in [6, 6.07) is 12.8. The molecule has 24 heavy (non-hydrogen) atoms. The minimum absolute atomic E-state index is 0.173. The minimum atomic E-state index is -0.970. The molecule has 2 aromatic rings. The summed E-state index contributed by atoms with van der Waals surface area (Å²) in [4.78, 5) is 23.3. The zero-order valence-electron chi connectivity index (χ0n) is 13.5. The number of benzene rings is 2. The van der Waals surface area contributed by atoms with E-state index in [1.54, 1.807) is 12.1 Å². The van der Waals surface area contributed by atoms with Crippen molar-refractivity contribution in [1.29, 1.82) is 0 Å². The van der Waals surface area contributed by atoms with E-state index in [1.165, 1.54) is 12.1 Å². The van der Waals surface area contributed by atoms with Gasteiger partial charge in [-0.25, -0.2) is 4.39 Å². The number of carbonyl (C=O) groups is 2. The lowest BCUT2D eigenvalue weighted by Gasteiger charge is -2.19. The molecule has 4 nitrogen and oxygen atoms in total. The van der Waals surface area contributed by atoms with E-state index >= 15 is 0 Å². The fourth-order valence-electron chi connectivity index (χ4n) is 2.57. The molecule has 0 saturated heterocycles. The molecule has 0 fully saturated rings. The summed E-state index contributed by atoms with van der Waals surface area (Å²) in [5, 5.41) is 11.9. The normalized spacial score (nSPS) is 11.8. The van der Waals surface area contributed by atoms with Crippen LogP contribution in [0.15, 0.2) is 48.5 Å². The Labute approximate surface area is 140 Å². The number of rotatable bonds is 7. The summed E-state index contributed by atoms with van der Waals surface area (Å²) in [5.41, 5.74) is 2.59. The van der Waals surface area contributed by atoms with Gasteiger partial charge in [0.05, 0.1) is 12.5 Å². The number of hydrogen-bond acceptors (Lipinski definition) is 2. The zero-order chi connectivity index (χ0) is 17.5. The van der Waals surface area contributed by atoms with E-state index in [4.69, 9.17) is 5.11 Å². The van der Waals surface area contributed by atoms with Crippen LogP contribution < -0.4 is 5.32 Å². The molecule has 2 N–H and O–H groups in total. The van der Waals surface area contributed by atoms with E-state index in [1.807, 2.05) is 31.2 Å². The van der Waals surface area contributed by atoms with Crippen LogP contribution >= 0.6 is 0 Å². The van der Waals surface area contributed by atoms with Gasteiger partial charge in [-0.15, -0.1) is 0 Å². The Morgan fingerprint density at radius 2 is 1.79 bits per heavy atom. The van der Waals surface area contributed by atoms with E-state index < -0.39 is 12.0 Å². The molecule has 2 rings (SSSR count). The maximum absolute atomic E-state index is 12.9. The van der Waals surface area contributed by atoms with E-state index in [9.17, 15) is 14.0 Å². The zero-order valence-corrected chi connectivity index (χ0v) is 13.5. The highest BCUT2D eigenvalue weighted by Gasteiger charge is 2.19. The number of halogens is 1. The average Bonchev–Trinajstić information content (AvgIpc) is 2.54. The topological polar surface area (TPSA) is 66.4 Å². The molecular weight excluding hydrogens is 309 g/mol. The fraction of sp³-hybridized carbons (Fsp3) is 0.263. The molecule has 2 aromatic carbocycles. The first-order valence-electron chi connectivity index (χ1n) is 7.77. The molecule has 0 bridgehead atoms. The van der Waals surface area contributed by atoms with E-state index in [2.05, 4.69) is 5.32 Å². The standard InChI is InChI=1S/C19H20FNO3/c1-13-4-2-3-5-16(13)17(12-19(23)24)21-18(22)11-8-14-6-9-15(20)10-7-14/h2-7,9-10,17H,8,11-12H2,1H3,(H,21,22)(H,23,24). The number of carboxylic acid groups (broad SMARTS) is 1. The molecule has 0 aromatic heterocycles. The van der Waals surface area contributed by atoms with Crippen molar-refractivity contribution in [1.82, 2.24) is 5.32 Å². The van der Waals surface area contributed by atoms with Crippen LogP contribution in [0.4, 0.5) is 4.39 Å². The first kappa shape index (κ1) is 17.7. The largest absolute Gasteiger partial charge is 0.481 e. The van der Waals surface area contributed by atoms with Crippen molar-refractivity contribution in [3.05, 3.63) is 71.0 Å². The highest BCUT2D eigenvalue weighted by molar-refractivity contribution is 5.78. The molecule has 0 aliphatic carbocycles. The monoisotopic (exact) mass is 329 g/mol. The quantitative estimate of drug-likeness (QED) is 0.818. The fourth-order valence-corrected chi connectivity index (χ4v) is 2.57. The van der Waals surface area contributed by atoms with Crippen molar-refractivity contribution in [3.63, 3.8) is 0 Å². The summed E-state index contributed by atoms with van der Waals surface area (Å²) < 4.78 is 12.9. The minimum Gasteiger partial charge on any atom is -0.481 e. The summed E-state index contributed by atoms with van der Waals surface area (Å²) in [5.74, 6) is -1.51. The number of aryl methyl sites for hydroxylation is 2. The molecule has 0 radical (unpaired) electrons. The van der Waals surface area contributed by atoms with Crippen molar-refractivity contribution in [3.8, 4) is 0 Å². The second kappa shape index (κ2) is 8.24. The lowest BCUT2D eigenvalue weighted by atomic mass is 9.98. The lowest BCUT2D eigenvalue weighted by molar-refractivity contribution is -0.137. The van der Waals surface area contributed by atoms with Crippen LogP contribution in [-0.2, 0) is 16.0 Å². The third-order valence-corrected chi connectivity index (χ3v) is 3.83. The van der Waals surface area contributed by atoms with Crippen molar-refractivity contribution in [2.75, 3.05) is 0 Å². The molecule has 0 heterocycles. The van der Waals surface area contributed by atoms with Crippen molar-refractivity contribution in [2.45, 2.75) is 32.2 Å². The van der Waals surface area contributed by atoms with Gasteiger partial charge in [-0.2, -0.15) is 0 Å². The smallest absolute Gasteiger partial charge is 0.305 e. The molecule has 0 aliphatic rings. The Hall–Kier alpha value is -2.69. The molecular formula is C19H20FNO3. The van der Waals surface area contributed by atoms with Crippen LogP contribution in [0.25, 0.3) is 0 Å². The third kappa shape index (κ3) is 5.19. The number of carbonyl (C=O) groups excluding carboxylic acids is 1. The van der Waals surface area contributed by atoms with Crippen LogP contribution in [0.5, 0.6) is 0 Å². The maximum atomic E-state index is 12.9. The lowest BCUT2D eigenvalue weighted by Crippen LogP contribution is -2.30. The Bertz CT molecular complexity index is 713. The summed E-state index contributed by atoms with van der Waals surface area (Å²) >= 11 is 0. The van der Waals surface area contributed by atoms with Crippen LogP contribution in [0.3, 0.4) is 0 Å². The van der Waals surface area contributed by atoms with Crippen LogP contribution in [0.2, 0.25) is 0 Å². The summed E-state index contributed by atoms with van der Waals surface area (Å²) in [7, 11) is 0.